The lowest BCUT2D eigenvalue weighted by atomic mass is 10.2. The number of hydrogen-bond acceptors (Lipinski definition) is 4. The summed E-state index contributed by atoms with van der Waals surface area (Å²) in [6.07, 6.45) is 1.98. The van der Waals surface area contributed by atoms with Crippen LogP contribution in [0.15, 0.2) is 62.3 Å². The van der Waals surface area contributed by atoms with Gasteiger partial charge in [0.1, 0.15) is 0 Å². The van der Waals surface area contributed by atoms with Crippen molar-refractivity contribution in [2.24, 2.45) is 10.9 Å². The van der Waals surface area contributed by atoms with E-state index in [0.29, 0.717) is 0 Å². The van der Waals surface area contributed by atoms with Crippen LogP contribution in [0.1, 0.15) is 11.1 Å². The fourth-order valence-corrected chi connectivity index (χ4v) is 3.63. The Hall–Kier alpha value is -1.59. The highest BCUT2D eigenvalue weighted by molar-refractivity contribution is 8.00. The molecular formula is C15H16N2OS2. The van der Waals surface area contributed by atoms with Crippen LogP contribution in [0.4, 0.5) is 0 Å². The lowest BCUT2D eigenvalue weighted by Crippen LogP contribution is -2.15. The normalized spacial score (nSPS) is 11.6. The average Bonchev–Trinajstić information content (AvgIpc) is 2.48. The second kappa shape index (κ2) is 6.72. The standard InChI is InChI=1S/C15H16N2OS2/c1-10-6-3-4-7-11(10)20-13-9-5-8-12(19-2)14(13)15(16)17-18/h3-9,18H,1-2H3,(H2,16,17). The summed E-state index contributed by atoms with van der Waals surface area (Å²) >= 11 is 3.21. The minimum Gasteiger partial charge on any atom is -0.409 e. The minimum absolute atomic E-state index is 0.144. The molecular weight excluding hydrogens is 288 g/mol. The number of hydrogen-bond donors (Lipinski definition) is 2. The van der Waals surface area contributed by atoms with Gasteiger partial charge in [-0.15, -0.1) is 11.8 Å². The highest BCUT2D eigenvalue weighted by Gasteiger charge is 2.14. The summed E-state index contributed by atoms with van der Waals surface area (Å²) < 4.78 is 0. The number of thioether (sulfide) groups is 1. The Morgan fingerprint density at radius 1 is 1.05 bits per heavy atom. The Morgan fingerprint density at radius 2 is 1.70 bits per heavy atom. The molecule has 2 aromatic carbocycles. The van der Waals surface area contributed by atoms with E-state index in [4.69, 9.17) is 10.9 Å². The fraction of sp³-hybridized carbons (Fsp3) is 0.133. The Labute approximate surface area is 127 Å². The van der Waals surface area contributed by atoms with Crippen molar-refractivity contribution in [3.8, 4) is 0 Å². The zero-order valence-corrected chi connectivity index (χ0v) is 13.0. The maximum atomic E-state index is 9.00. The highest BCUT2D eigenvalue weighted by Crippen LogP contribution is 2.36. The Balaban J connectivity index is 2.49. The molecule has 0 aliphatic rings. The van der Waals surface area contributed by atoms with Crippen LogP contribution >= 0.6 is 23.5 Å². The summed E-state index contributed by atoms with van der Waals surface area (Å²) in [4.78, 5) is 3.15. The predicted molar refractivity (Wildman–Crippen MR) is 86.0 cm³/mol. The van der Waals surface area contributed by atoms with Crippen LogP contribution < -0.4 is 5.73 Å². The fourth-order valence-electron chi connectivity index (χ4n) is 1.86. The lowest BCUT2D eigenvalue weighted by Gasteiger charge is -2.13. The molecule has 5 heteroatoms. The maximum Gasteiger partial charge on any atom is 0.172 e. The first-order valence-corrected chi connectivity index (χ1v) is 8.10. The van der Waals surface area contributed by atoms with Gasteiger partial charge >= 0.3 is 0 Å². The van der Waals surface area contributed by atoms with Gasteiger partial charge in [-0.2, -0.15) is 0 Å². The molecule has 0 spiro atoms. The van der Waals surface area contributed by atoms with Gasteiger partial charge < -0.3 is 10.9 Å². The number of aryl methyl sites for hydroxylation is 1. The van der Waals surface area contributed by atoms with E-state index in [9.17, 15) is 0 Å². The van der Waals surface area contributed by atoms with Crippen LogP contribution in [0.25, 0.3) is 0 Å². The molecule has 0 bridgehead atoms. The molecule has 20 heavy (non-hydrogen) atoms. The van der Waals surface area contributed by atoms with Gasteiger partial charge in [0.25, 0.3) is 0 Å². The van der Waals surface area contributed by atoms with Crippen molar-refractivity contribution in [1.82, 2.24) is 0 Å². The number of rotatable bonds is 4. The number of nitrogens with two attached hydrogens (primary N) is 1. The topological polar surface area (TPSA) is 58.6 Å². The molecule has 0 radical (unpaired) electrons. The zero-order chi connectivity index (χ0) is 14.5. The molecule has 3 N–H and O–H groups in total. The third-order valence-corrected chi connectivity index (χ3v) is 4.90. The molecule has 0 saturated carbocycles. The summed E-state index contributed by atoms with van der Waals surface area (Å²) in [6.45, 7) is 2.07. The molecule has 2 aromatic rings. The van der Waals surface area contributed by atoms with Crippen molar-refractivity contribution >= 4 is 29.4 Å². The van der Waals surface area contributed by atoms with Crippen molar-refractivity contribution in [3.05, 3.63) is 53.6 Å². The minimum atomic E-state index is 0.144. The van der Waals surface area contributed by atoms with Crippen molar-refractivity contribution in [2.75, 3.05) is 6.26 Å². The first-order valence-electron chi connectivity index (χ1n) is 6.05. The van der Waals surface area contributed by atoms with E-state index in [2.05, 4.69) is 24.2 Å². The van der Waals surface area contributed by atoms with Gasteiger partial charge in [-0.25, -0.2) is 0 Å². The molecule has 0 aliphatic carbocycles. The molecule has 0 aliphatic heterocycles. The van der Waals surface area contributed by atoms with Gasteiger partial charge in [-0.1, -0.05) is 41.2 Å². The van der Waals surface area contributed by atoms with Crippen molar-refractivity contribution < 1.29 is 5.21 Å². The summed E-state index contributed by atoms with van der Waals surface area (Å²) in [5.74, 6) is 0.144. The van der Waals surface area contributed by atoms with Crippen molar-refractivity contribution in [2.45, 2.75) is 21.6 Å². The molecule has 0 fully saturated rings. The first kappa shape index (κ1) is 14.8. The van der Waals surface area contributed by atoms with Gasteiger partial charge in [0, 0.05) is 20.2 Å². The van der Waals surface area contributed by atoms with Gasteiger partial charge in [0.15, 0.2) is 5.84 Å². The lowest BCUT2D eigenvalue weighted by molar-refractivity contribution is 0.318. The third-order valence-electron chi connectivity index (χ3n) is 2.89. The van der Waals surface area contributed by atoms with Crippen LogP contribution in [0.3, 0.4) is 0 Å². The third kappa shape index (κ3) is 3.11. The second-order valence-electron chi connectivity index (χ2n) is 4.19. The summed E-state index contributed by atoms with van der Waals surface area (Å²) in [5, 5.41) is 12.2. The monoisotopic (exact) mass is 304 g/mol. The van der Waals surface area contributed by atoms with Gasteiger partial charge in [-0.05, 0) is 36.9 Å². The predicted octanol–water partition coefficient (Wildman–Crippen LogP) is 3.96. The molecule has 0 saturated heterocycles. The maximum absolute atomic E-state index is 9.00. The Bertz CT molecular complexity index is 642. The van der Waals surface area contributed by atoms with Crippen LogP contribution in [0, 0.1) is 6.92 Å². The molecule has 3 nitrogen and oxygen atoms in total. The number of benzene rings is 2. The molecule has 0 unspecified atom stereocenters. The van der Waals surface area contributed by atoms with Crippen molar-refractivity contribution in [1.29, 1.82) is 0 Å². The van der Waals surface area contributed by atoms with Crippen LogP contribution in [0.2, 0.25) is 0 Å². The SMILES string of the molecule is CSc1cccc(Sc2ccccc2C)c1/C(N)=N/O. The van der Waals surface area contributed by atoms with E-state index in [0.717, 1.165) is 20.2 Å². The molecule has 2 rings (SSSR count). The number of nitrogens with zero attached hydrogens (tertiary/aromatic N) is 1. The van der Waals surface area contributed by atoms with E-state index in [1.165, 1.54) is 5.56 Å². The average molecular weight is 304 g/mol. The summed E-state index contributed by atoms with van der Waals surface area (Å²) in [6, 6.07) is 14.1. The van der Waals surface area contributed by atoms with E-state index in [1.807, 2.05) is 36.6 Å². The quantitative estimate of drug-likeness (QED) is 0.295. The molecule has 0 heterocycles. The number of amidine groups is 1. The van der Waals surface area contributed by atoms with Crippen LogP contribution in [-0.2, 0) is 0 Å². The Morgan fingerprint density at radius 3 is 2.35 bits per heavy atom. The van der Waals surface area contributed by atoms with E-state index in [1.54, 1.807) is 23.5 Å². The van der Waals surface area contributed by atoms with Gasteiger partial charge in [-0.3, -0.25) is 0 Å². The first-order chi connectivity index (χ1) is 9.67. The second-order valence-corrected chi connectivity index (χ2v) is 6.12. The van der Waals surface area contributed by atoms with Crippen LogP contribution in [-0.4, -0.2) is 17.3 Å². The van der Waals surface area contributed by atoms with Crippen LogP contribution in [0.5, 0.6) is 0 Å². The van der Waals surface area contributed by atoms with E-state index >= 15 is 0 Å². The molecule has 0 amide bonds. The van der Waals surface area contributed by atoms with E-state index < -0.39 is 0 Å². The van der Waals surface area contributed by atoms with Gasteiger partial charge in [0.2, 0.25) is 0 Å². The number of oxime groups is 1. The molecule has 0 atom stereocenters. The molecule has 104 valence electrons. The Kier molecular flexibility index (Phi) is 4.98. The highest BCUT2D eigenvalue weighted by atomic mass is 32.2. The van der Waals surface area contributed by atoms with Gasteiger partial charge in [0.05, 0.1) is 0 Å². The largest absolute Gasteiger partial charge is 0.409 e. The summed E-state index contributed by atoms with van der Waals surface area (Å²) in [5.41, 5.74) is 7.83. The van der Waals surface area contributed by atoms with Crippen molar-refractivity contribution in [3.63, 3.8) is 0 Å². The summed E-state index contributed by atoms with van der Waals surface area (Å²) in [7, 11) is 0. The smallest absolute Gasteiger partial charge is 0.172 e. The zero-order valence-electron chi connectivity index (χ0n) is 11.3. The van der Waals surface area contributed by atoms with E-state index in [-0.39, 0.29) is 5.84 Å². The molecule has 0 aromatic heterocycles.